The van der Waals surface area contributed by atoms with Gasteiger partial charge in [0.15, 0.2) is 0 Å². The molecule has 2 aromatic rings. The molecule has 4 rings (SSSR count). The summed E-state index contributed by atoms with van der Waals surface area (Å²) in [6.45, 7) is 5.11. The van der Waals surface area contributed by atoms with Gasteiger partial charge in [-0.25, -0.2) is 9.18 Å². The number of hydrogen-bond acceptors (Lipinski definition) is 6. The first kappa shape index (κ1) is 20.8. The number of piperazine rings is 1. The lowest BCUT2D eigenvalue weighted by molar-refractivity contribution is 0.0524. The van der Waals surface area contributed by atoms with E-state index in [1.165, 1.54) is 6.07 Å². The van der Waals surface area contributed by atoms with Gasteiger partial charge in [-0.2, -0.15) is 0 Å². The fourth-order valence-electron chi connectivity index (χ4n) is 4.21. The third-order valence-corrected chi connectivity index (χ3v) is 5.88. The number of ether oxygens (including phenoxy) is 2. The highest BCUT2D eigenvalue weighted by Crippen LogP contribution is 2.40. The third kappa shape index (κ3) is 3.70. The van der Waals surface area contributed by atoms with E-state index in [0.29, 0.717) is 29.9 Å². The van der Waals surface area contributed by atoms with Crippen LogP contribution in [0.15, 0.2) is 17.1 Å². The van der Waals surface area contributed by atoms with Gasteiger partial charge in [0.05, 0.1) is 24.4 Å². The Bertz CT molecular complexity index is 1020. The van der Waals surface area contributed by atoms with Gasteiger partial charge in [0, 0.05) is 56.5 Å². The van der Waals surface area contributed by atoms with Crippen molar-refractivity contribution >= 4 is 22.6 Å². The number of esters is 1. The summed E-state index contributed by atoms with van der Waals surface area (Å²) in [5.41, 5.74) is 1.27. The van der Waals surface area contributed by atoms with Gasteiger partial charge in [-0.15, -0.1) is 0 Å². The molecule has 1 saturated heterocycles. The van der Waals surface area contributed by atoms with Gasteiger partial charge >= 0.3 is 5.97 Å². The minimum atomic E-state index is -0.671. The minimum absolute atomic E-state index is 0.0497. The third-order valence-electron chi connectivity index (χ3n) is 5.88. The van der Waals surface area contributed by atoms with Crippen molar-refractivity contribution in [3.8, 4) is 0 Å². The molecule has 2 fully saturated rings. The summed E-state index contributed by atoms with van der Waals surface area (Å²) < 4.78 is 27.9. The fraction of sp³-hybridized carbons (Fsp3) is 0.545. The Morgan fingerprint density at radius 2 is 1.93 bits per heavy atom. The van der Waals surface area contributed by atoms with Gasteiger partial charge < -0.3 is 23.8 Å². The Morgan fingerprint density at radius 1 is 1.23 bits per heavy atom. The molecule has 0 spiro atoms. The maximum absolute atomic E-state index is 15.4. The molecule has 1 aromatic heterocycles. The van der Waals surface area contributed by atoms with E-state index in [9.17, 15) is 9.59 Å². The van der Waals surface area contributed by atoms with Gasteiger partial charge in [0.25, 0.3) is 0 Å². The normalized spacial score (nSPS) is 17.5. The number of carbonyl (C=O) groups excluding carboxylic acids is 1. The SMILES string of the molecule is CCOC(=O)c1cn(C2CC2)c2c(COC)c(N3CCN(C)CC3)c(F)cc2c1=O. The lowest BCUT2D eigenvalue weighted by atomic mass is 10.0. The molecule has 1 aliphatic heterocycles. The number of halogens is 1. The van der Waals surface area contributed by atoms with Gasteiger partial charge in [-0.3, -0.25) is 4.79 Å². The molecule has 0 N–H and O–H groups in total. The number of methoxy groups -OCH3 is 1. The molecule has 8 heteroatoms. The van der Waals surface area contributed by atoms with Crippen molar-refractivity contribution in [1.29, 1.82) is 0 Å². The van der Waals surface area contributed by atoms with Crippen LogP contribution < -0.4 is 10.3 Å². The van der Waals surface area contributed by atoms with Crippen LogP contribution in [0.25, 0.3) is 10.9 Å². The van der Waals surface area contributed by atoms with E-state index >= 15 is 4.39 Å². The molecular weight excluding hydrogens is 389 g/mol. The molecule has 2 aliphatic rings. The predicted octanol–water partition coefficient (Wildman–Crippen LogP) is 2.55. The van der Waals surface area contributed by atoms with Crippen molar-refractivity contribution in [1.82, 2.24) is 9.47 Å². The Morgan fingerprint density at radius 3 is 2.53 bits per heavy atom. The van der Waals surface area contributed by atoms with Crippen LogP contribution in [-0.4, -0.2) is 62.4 Å². The van der Waals surface area contributed by atoms with Crippen LogP contribution in [0.4, 0.5) is 10.1 Å². The monoisotopic (exact) mass is 417 g/mol. The molecule has 0 unspecified atom stereocenters. The number of hydrogen-bond donors (Lipinski definition) is 0. The van der Waals surface area contributed by atoms with E-state index in [-0.39, 0.29) is 30.2 Å². The fourth-order valence-corrected chi connectivity index (χ4v) is 4.21. The average molecular weight is 417 g/mol. The molecule has 1 aliphatic carbocycles. The van der Waals surface area contributed by atoms with Crippen molar-refractivity contribution in [2.24, 2.45) is 0 Å². The highest BCUT2D eigenvalue weighted by Gasteiger charge is 2.31. The zero-order chi connectivity index (χ0) is 21.4. The van der Waals surface area contributed by atoms with Crippen molar-refractivity contribution in [2.75, 3.05) is 51.8 Å². The number of pyridine rings is 1. The number of rotatable bonds is 6. The van der Waals surface area contributed by atoms with Crippen LogP contribution in [0, 0.1) is 5.82 Å². The van der Waals surface area contributed by atoms with Crippen LogP contribution in [-0.2, 0) is 16.1 Å². The number of fused-ring (bicyclic) bond motifs is 1. The Kier molecular flexibility index (Phi) is 5.79. The van der Waals surface area contributed by atoms with Crippen LogP contribution in [0.1, 0.15) is 41.7 Å². The molecule has 0 atom stereocenters. The van der Waals surface area contributed by atoms with Gasteiger partial charge in [-0.05, 0) is 32.9 Å². The molecule has 0 radical (unpaired) electrons. The number of carbonyl (C=O) groups is 1. The Labute approximate surface area is 175 Å². The molecular formula is C22H28FN3O4. The van der Waals surface area contributed by atoms with Crippen molar-refractivity contribution in [3.05, 3.63) is 39.4 Å². The number of nitrogens with zero attached hydrogens (tertiary/aromatic N) is 3. The summed E-state index contributed by atoms with van der Waals surface area (Å²) in [6, 6.07) is 1.47. The maximum atomic E-state index is 15.4. The van der Waals surface area contributed by atoms with E-state index in [4.69, 9.17) is 9.47 Å². The first-order chi connectivity index (χ1) is 14.5. The van der Waals surface area contributed by atoms with Crippen molar-refractivity contribution in [3.63, 3.8) is 0 Å². The molecule has 0 amide bonds. The van der Waals surface area contributed by atoms with E-state index < -0.39 is 17.2 Å². The molecule has 0 bridgehead atoms. The van der Waals surface area contributed by atoms with Crippen LogP contribution in [0.3, 0.4) is 0 Å². The van der Waals surface area contributed by atoms with Gasteiger partial charge in [0.1, 0.15) is 11.4 Å². The maximum Gasteiger partial charge on any atom is 0.343 e. The zero-order valence-electron chi connectivity index (χ0n) is 17.7. The molecule has 2 heterocycles. The molecule has 1 aromatic carbocycles. The number of likely N-dealkylation sites (N-methyl/N-ethyl adjacent to an activating group) is 1. The summed E-state index contributed by atoms with van der Waals surface area (Å²) in [4.78, 5) is 29.8. The lowest BCUT2D eigenvalue weighted by Crippen LogP contribution is -2.45. The highest BCUT2D eigenvalue weighted by molar-refractivity contribution is 5.96. The Balaban J connectivity index is 1.97. The van der Waals surface area contributed by atoms with Crippen LogP contribution in [0.2, 0.25) is 0 Å². The van der Waals surface area contributed by atoms with Gasteiger partial charge in [-0.1, -0.05) is 0 Å². The van der Waals surface area contributed by atoms with E-state index in [0.717, 1.165) is 25.9 Å². The number of benzene rings is 1. The zero-order valence-corrected chi connectivity index (χ0v) is 17.7. The summed E-state index contributed by atoms with van der Waals surface area (Å²) in [7, 11) is 3.61. The standard InChI is InChI=1S/C22H28FN3O4/c1-4-30-22(28)16-12-26(14-5-6-14)19-15(21(16)27)11-18(23)20(17(19)13-29-3)25-9-7-24(2)8-10-25/h11-12,14H,4-10,13H2,1-3H3. The topological polar surface area (TPSA) is 64.0 Å². The average Bonchev–Trinajstić information content (AvgIpc) is 3.55. The van der Waals surface area contributed by atoms with Crippen molar-refractivity contribution < 1.29 is 18.7 Å². The number of anilines is 1. The second-order valence-corrected chi connectivity index (χ2v) is 8.04. The first-order valence-corrected chi connectivity index (χ1v) is 10.5. The molecule has 30 heavy (non-hydrogen) atoms. The highest BCUT2D eigenvalue weighted by atomic mass is 19.1. The quantitative estimate of drug-likeness (QED) is 0.673. The summed E-state index contributed by atoms with van der Waals surface area (Å²) in [5.74, 6) is -1.13. The van der Waals surface area contributed by atoms with Crippen molar-refractivity contribution in [2.45, 2.75) is 32.4 Å². The number of aromatic nitrogens is 1. The van der Waals surface area contributed by atoms with E-state index in [2.05, 4.69) is 4.90 Å². The Hall–Kier alpha value is -2.45. The predicted molar refractivity (Wildman–Crippen MR) is 113 cm³/mol. The lowest BCUT2D eigenvalue weighted by Gasteiger charge is -2.35. The van der Waals surface area contributed by atoms with E-state index in [1.54, 1.807) is 20.2 Å². The smallest absolute Gasteiger partial charge is 0.343 e. The molecule has 7 nitrogen and oxygen atoms in total. The van der Waals surface area contributed by atoms with Gasteiger partial charge in [0.2, 0.25) is 5.43 Å². The minimum Gasteiger partial charge on any atom is -0.462 e. The summed E-state index contributed by atoms with van der Waals surface area (Å²) in [6.07, 6.45) is 3.49. The largest absolute Gasteiger partial charge is 0.462 e. The molecule has 162 valence electrons. The summed E-state index contributed by atoms with van der Waals surface area (Å²) in [5, 5.41) is 0.204. The van der Waals surface area contributed by atoms with Crippen LogP contribution >= 0.6 is 0 Å². The summed E-state index contributed by atoms with van der Waals surface area (Å²) >= 11 is 0. The first-order valence-electron chi connectivity index (χ1n) is 10.5. The molecule has 1 saturated carbocycles. The van der Waals surface area contributed by atoms with Crippen LogP contribution in [0.5, 0.6) is 0 Å². The second kappa shape index (κ2) is 8.35. The second-order valence-electron chi connectivity index (χ2n) is 8.04. The van der Waals surface area contributed by atoms with E-state index in [1.807, 2.05) is 16.5 Å².